The molecule has 0 aliphatic carbocycles. The van der Waals surface area contributed by atoms with Crippen LogP contribution in [0.15, 0.2) is 47.7 Å². The Morgan fingerprint density at radius 3 is 2.54 bits per heavy atom. The highest BCUT2D eigenvalue weighted by Crippen LogP contribution is 2.27. The summed E-state index contributed by atoms with van der Waals surface area (Å²) < 4.78 is 12.8. The van der Waals surface area contributed by atoms with E-state index in [0.717, 1.165) is 56.5 Å². The van der Waals surface area contributed by atoms with E-state index in [1.165, 1.54) is 5.56 Å². The Morgan fingerprint density at radius 1 is 1.08 bits per heavy atom. The molecule has 0 bridgehead atoms. The minimum atomic E-state index is 0.760. The lowest BCUT2D eigenvalue weighted by atomic mass is 10.1. The molecule has 142 valence electrons. The Labute approximate surface area is 156 Å². The van der Waals surface area contributed by atoms with Crippen molar-refractivity contribution in [2.75, 3.05) is 33.9 Å². The summed E-state index contributed by atoms with van der Waals surface area (Å²) in [5.74, 6) is 2.40. The number of hydrogen-bond donors (Lipinski definition) is 2. The van der Waals surface area contributed by atoms with Crippen molar-refractivity contribution < 1.29 is 9.47 Å². The van der Waals surface area contributed by atoms with Gasteiger partial charge in [0.05, 0.1) is 14.2 Å². The maximum atomic E-state index is 5.35. The Kier molecular flexibility index (Phi) is 8.39. The second kappa shape index (κ2) is 11.1. The third kappa shape index (κ3) is 6.35. The van der Waals surface area contributed by atoms with Gasteiger partial charge in [0.15, 0.2) is 17.5 Å². The van der Waals surface area contributed by atoms with Crippen molar-refractivity contribution in [3.63, 3.8) is 0 Å². The Hall–Kier alpha value is -2.63. The van der Waals surface area contributed by atoms with Gasteiger partial charge in [-0.1, -0.05) is 6.07 Å². The van der Waals surface area contributed by atoms with E-state index in [9.17, 15) is 0 Å². The van der Waals surface area contributed by atoms with Crippen LogP contribution in [0.2, 0.25) is 0 Å². The highest BCUT2D eigenvalue weighted by atomic mass is 16.5. The van der Waals surface area contributed by atoms with Crippen LogP contribution < -0.4 is 20.1 Å². The first-order valence-corrected chi connectivity index (χ1v) is 9.10. The van der Waals surface area contributed by atoms with Gasteiger partial charge in [-0.3, -0.25) is 4.99 Å². The zero-order valence-corrected chi connectivity index (χ0v) is 16.0. The van der Waals surface area contributed by atoms with E-state index in [2.05, 4.69) is 45.6 Å². The molecule has 0 spiro atoms. The zero-order valence-electron chi connectivity index (χ0n) is 16.0. The van der Waals surface area contributed by atoms with E-state index >= 15 is 0 Å². The monoisotopic (exact) mass is 358 g/mol. The Bertz CT molecular complexity index is 668. The van der Waals surface area contributed by atoms with Crippen molar-refractivity contribution in [3.8, 4) is 11.5 Å². The summed E-state index contributed by atoms with van der Waals surface area (Å²) >= 11 is 0. The van der Waals surface area contributed by atoms with Crippen LogP contribution in [-0.4, -0.2) is 44.4 Å². The number of ether oxygens (including phenoxy) is 2. The lowest BCUT2D eigenvalue weighted by molar-refractivity contribution is 0.354. The molecular formula is C20H30N4O2. The largest absolute Gasteiger partial charge is 0.493 e. The number of aromatic nitrogens is 1. The molecule has 0 radical (unpaired) electrons. The topological polar surface area (TPSA) is 59.8 Å². The fourth-order valence-electron chi connectivity index (χ4n) is 2.67. The molecule has 1 heterocycles. The first-order chi connectivity index (χ1) is 12.8. The summed E-state index contributed by atoms with van der Waals surface area (Å²) in [6, 6.07) is 10.1. The molecule has 6 nitrogen and oxygen atoms in total. The van der Waals surface area contributed by atoms with Gasteiger partial charge in [0.1, 0.15) is 0 Å². The first-order valence-electron chi connectivity index (χ1n) is 9.10. The van der Waals surface area contributed by atoms with Gasteiger partial charge in [-0.25, -0.2) is 0 Å². The fraction of sp³-hybridized carbons (Fsp3) is 0.450. The summed E-state index contributed by atoms with van der Waals surface area (Å²) in [5, 5.41) is 6.66. The molecule has 1 aromatic carbocycles. The van der Waals surface area contributed by atoms with Gasteiger partial charge in [-0.2, -0.15) is 0 Å². The SMILES string of the molecule is CCNC(=NCCCc1ccc(OC)c(OC)c1)NCCn1cccc1. The number of guanidine groups is 1. The predicted molar refractivity (Wildman–Crippen MR) is 106 cm³/mol. The summed E-state index contributed by atoms with van der Waals surface area (Å²) in [6.45, 7) is 5.46. The molecule has 0 unspecified atom stereocenters. The number of aliphatic imine (C=N–C) groups is 1. The van der Waals surface area contributed by atoms with Crippen molar-refractivity contribution in [2.24, 2.45) is 4.99 Å². The van der Waals surface area contributed by atoms with E-state index < -0.39 is 0 Å². The number of nitrogens with zero attached hydrogens (tertiary/aromatic N) is 2. The van der Waals surface area contributed by atoms with Crippen LogP contribution in [0.3, 0.4) is 0 Å². The number of rotatable bonds is 10. The number of methoxy groups -OCH3 is 2. The molecule has 0 aliphatic rings. The van der Waals surface area contributed by atoms with Gasteiger partial charge < -0.3 is 24.7 Å². The minimum absolute atomic E-state index is 0.760. The molecular weight excluding hydrogens is 328 g/mol. The van der Waals surface area contributed by atoms with Gasteiger partial charge in [-0.05, 0) is 49.6 Å². The molecule has 26 heavy (non-hydrogen) atoms. The van der Waals surface area contributed by atoms with E-state index in [0.29, 0.717) is 0 Å². The summed E-state index contributed by atoms with van der Waals surface area (Å²) in [7, 11) is 3.31. The average Bonchev–Trinajstić information content (AvgIpc) is 3.18. The molecule has 2 aromatic rings. The molecule has 0 atom stereocenters. The van der Waals surface area contributed by atoms with Gasteiger partial charge in [0.2, 0.25) is 0 Å². The van der Waals surface area contributed by atoms with Crippen molar-refractivity contribution in [1.29, 1.82) is 0 Å². The predicted octanol–water partition coefficient (Wildman–Crippen LogP) is 2.69. The fourth-order valence-corrected chi connectivity index (χ4v) is 2.67. The van der Waals surface area contributed by atoms with Crippen molar-refractivity contribution in [2.45, 2.75) is 26.3 Å². The minimum Gasteiger partial charge on any atom is -0.493 e. The smallest absolute Gasteiger partial charge is 0.191 e. The lowest BCUT2D eigenvalue weighted by Gasteiger charge is -2.12. The molecule has 0 amide bonds. The van der Waals surface area contributed by atoms with Crippen LogP contribution in [0.1, 0.15) is 18.9 Å². The first kappa shape index (κ1) is 19.7. The summed E-state index contributed by atoms with van der Waals surface area (Å²) in [4.78, 5) is 4.65. The highest BCUT2D eigenvalue weighted by Gasteiger charge is 2.04. The number of benzene rings is 1. The van der Waals surface area contributed by atoms with Crippen LogP contribution in [0, 0.1) is 0 Å². The number of hydrogen-bond acceptors (Lipinski definition) is 3. The third-order valence-electron chi connectivity index (χ3n) is 4.01. The highest BCUT2D eigenvalue weighted by molar-refractivity contribution is 5.79. The molecule has 1 aromatic heterocycles. The van der Waals surface area contributed by atoms with Gasteiger partial charge >= 0.3 is 0 Å². The van der Waals surface area contributed by atoms with Gasteiger partial charge in [-0.15, -0.1) is 0 Å². The number of nitrogens with one attached hydrogen (secondary N) is 2. The van der Waals surface area contributed by atoms with Gasteiger partial charge in [0, 0.05) is 38.6 Å². The maximum absolute atomic E-state index is 5.35. The van der Waals surface area contributed by atoms with Crippen LogP contribution in [0.4, 0.5) is 0 Å². The normalized spacial score (nSPS) is 11.3. The maximum Gasteiger partial charge on any atom is 0.191 e. The summed E-state index contributed by atoms with van der Waals surface area (Å²) in [5.41, 5.74) is 1.23. The van der Waals surface area contributed by atoms with Crippen molar-refractivity contribution >= 4 is 5.96 Å². The lowest BCUT2D eigenvalue weighted by Crippen LogP contribution is -2.38. The second-order valence-electron chi connectivity index (χ2n) is 5.90. The summed E-state index contributed by atoms with van der Waals surface area (Å²) in [6.07, 6.45) is 6.06. The average molecular weight is 358 g/mol. The van der Waals surface area contributed by atoms with Crippen molar-refractivity contribution in [1.82, 2.24) is 15.2 Å². The second-order valence-corrected chi connectivity index (χ2v) is 5.90. The van der Waals surface area contributed by atoms with Crippen LogP contribution in [0.25, 0.3) is 0 Å². The van der Waals surface area contributed by atoms with Crippen molar-refractivity contribution in [3.05, 3.63) is 48.3 Å². The van der Waals surface area contributed by atoms with E-state index in [4.69, 9.17) is 9.47 Å². The van der Waals surface area contributed by atoms with E-state index in [-0.39, 0.29) is 0 Å². The van der Waals surface area contributed by atoms with E-state index in [1.54, 1.807) is 14.2 Å². The quantitative estimate of drug-likeness (QED) is 0.389. The molecule has 0 aliphatic heterocycles. The standard InChI is InChI=1S/C20H30N4O2/c1-4-21-20(23-12-15-24-13-5-6-14-24)22-11-7-8-17-9-10-18(25-2)19(16-17)26-3/h5-6,9-10,13-14,16H,4,7-8,11-12,15H2,1-3H3,(H2,21,22,23). The molecule has 2 N–H and O–H groups in total. The van der Waals surface area contributed by atoms with E-state index in [1.807, 2.05) is 24.3 Å². The molecule has 6 heteroatoms. The van der Waals surface area contributed by atoms with Crippen LogP contribution >= 0.6 is 0 Å². The van der Waals surface area contributed by atoms with Crippen LogP contribution in [-0.2, 0) is 13.0 Å². The Balaban J connectivity index is 1.78. The van der Waals surface area contributed by atoms with Crippen LogP contribution in [0.5, 0.6) is 11.5 Å². The molecule has 0 saturated heterocycles. The molecule has 0 fully saturated rings. The zero-order chi connectivity index (χ0) is 18.6. The molecule has 2 rings (SSSR count). The molecule has 0 saturated carbocycles. The Morgan fingerprint density at radius 2 is 1.85 bits per heavy atom. The third-order valence-corrected chi connectivity index (χ3v) is 4.01. The van der Waals surface area contributed by atoms with Gasteiger partial charge in [0.25, 0.3) is 0 Å². The number of aryl methyl sites for hydroxylation is 1.